The molecular weight excluding hydrogens is 412 g/mol. The lowest BCUT2D eigenvalue weighted by Gasteiger charge is -2.34. The molecule has 1 amide bonds. The molecule has 1 aliphatic rings. The molecular formula is C23H28N4O3S. The van der Waals surface area contributed by atoms with Crippen LogP contribution in [0.5, 0.6) is 5.75 Å². The molecule has 0 radical (unpaired) electrons. The zero-order chi connectivity index (χ0) is 22.0. The van der Waals surface area contributed by atoms with Crippen LogP contribution in [0.15, 0.2) is 46.6 Å². The number of rotatable bonds is 6. The Bertz CT molecular complexity index is 1090. The number of benzene rings is 1. The third kappa shape index (κ3) is 4.18. The van der Waals surface area contributed by atoms with Crippen LogP contribution in [0, 0.1) is 0 Å². The van der Waals surface area contributed by atoms with Crippen LogP contribution < -0.4 is 10.4 Å². The Balaban J connectivity index is 1.76. The zero-order valence-corrected chi connectivity index (χ0v) is 19.0. The molecule has 0 unspecified atom stereocenters. The molecule has 0 bridgehead atoms. The maximum atomic E-state index is 13.7. The number of thiophene rings is 1. The van der Waals surface area contributed by atoms with E-state index in [1.54, 1.807) is 23.3 Å². The number of imidazole rings is 1. The first kappa shape index (κ1) is 21.4. The van der Waals surface area contributed by atoms with E-state index in [0.29, 0.717) is 31.0 Å². The topological polar surface area (TPSA) is 59.7 Å². The average molecular weight is 441 g/mol. The van der Waals surface area contributed by atoms with Crippen molar-refractivity contribution in [3.8, 4) is 16.3 Å². The first-order valence-corrected chi connectivity index (χ1v) is 11.4. The fraction of sp³-hybridized carbons (Fsp3) is 0.391. The summed E-state index contributed by atoms with van der Waals surface area (Å²) in [5.74, 6) is 0.680. The van der Waals surface area contributed by atoms with E-state index in [4.69, 9.17) is 4.74 Å². The van der Waals surface area contributed by atoms with Crippen molar-refractivity contribution in [2.24, 2.45) is 7.05 Å². The van der Waals surface area contributed by atoms with Gasteiger partial charge in [0.2, 0.25) is 0 Å². The van der Waals surface area contributed by atoms with Gasteiger partial charge >= 0.3 is 5.69 Å². The van der Waals surface area contributed by atoms with Gasteiger partial charge in [-0.25, -0.2) is 4.79 Å². The van der Waals surface area contributed by atoms with Gasteiger partial charge in [0.15, 0.2) is 0 Å². The number of nitrogens with zero attached hydrogens (tertiary/aromatic N) is 4. The molecule has 2 aromatic heterocycles. The SMILES string of the molecule is CCN1CCN(C(=O)c2c(-c3cccs3)n(C)c(=O)n2Cc2ccc(OC)cc2)CC1. The number of piperazine rings is 1. The van der Waals surface area contributed by atoms with Crippen LogP contribution in [0.2, 0.25) is 0 Å². The molecule has 1 saturated heterocycles. The third-order valence-corrected chi connectivity index (χ3v) is 6.79. The number of ether oxygens (including phenoxy) is 1. The molecule has 1 fully saturated rings. The molecule has 31 heavy (non-hydrogen) atoms. The molecule has 0 atom stereocenters. The van der Waals surface area contributed by atoms with Crippen molar-refractivity contribution in [2.75, 3.05) is 39.8 Å². The first-order valence-electron chi connectivity index (χ1n) is 10.5. The number of methoxy groups -OCH3 is 1. The fourth-order valence-electron chi connectivity index (χ4n) is 4.05. The maximum absolute atomic E-state index is 13.7. The molecule has 8 heteroatoms. The van der Waals surface area contributed by atoms with Crippen LogP contribution >= 0.6 is 11.3 Å². The number of carbonyl (C=O) groups is 1. The minimum absolute atomic E-state index is 0.0784. The summed E-state index contributed by atoms with van der Waals surface area (Å²) in [4.78, 5) is 32.1. The summed E-state index contributed by atoms with van der Waals surface area (Å²) >= 11 is 1.54. The Kier molecular flexibility index (Phi) is 6.29. The normalized spacial score (nSPS) is 14.7. The molecule has 0 saturated carbocycles. The highest BCUT2D eigenvalue weighted by atomic mass is 32.1. The Labute approximate surface area is 186 Å². The maximum Gasteiger partial charge on any atom is 0.329 e. The summed E-state index contributed by atoms with van der Waals surface area (Å²) in [6.45, 7) is 6.49. The van der Waals surface area contributed by atoms with Crippen molar-refractivity contribution < 1.29 is 9.53 Å². The van der Waals surface area contributed by atoms with E-state index in [1.165, 1.54) is 11.3 Å². The van der Waals surface area contributed by atoms with Crippen LogP contribution in [-0.2, 0) is 13.6 Å². The lowest BCUT2D eigenvalue weighted by molar-refractivity contribution is 0.0633. The van der Waals surface area contributed by atoms with Crippen molar-refractivity contribution >= 4 is 17.2 Å². The van der Waals surface area contributed by atoms with Gasteiger partial charge in [-0.3, -0.25) is 13.9 Å². The lowest BCUT2D eigenvalue weighted by Crippen LogP contribution is -2.49. The summed E-state index contributed by atoms with van der Waals surface area (Å²) < 4.78 is 8.46. The molecule has 0 spiro atoms. The highest BCUT2D eigenvalue weighted by Crippen LogP contribution is 2.29. The van der Waals surface area contributed by atoms with Crippen molar-refractivity contribution in [1.29, 1.82) is 0 Å². The molecule has 164 valence electrons. The quantitative estimate of drug-likeness (QED) is 0.591. The van der Waals surface area contributed by atoms with Crippen molar-refractivity contribution in [2.45, 2.75) is 13.5 Å². The lowest BCUT2D eigenvalue weighted by atomic mass is 10.2. The second kappa shape index (κ2) is 9.11. The molecule has 3 aromatic rings. The van der Waals surface area contributed by atoms with Crippen LogP contribution in [0.3, 0.4) is 0 Å². The number of amides is 1. The number of hydrogen-bond acceptors (Lipinski definition) is 5. The van der Waals surface area contributed by atoms with Gasteiger partial charge in [-0.15, -0.1) is 11.3 Å². The molecule has 7 nitrogen and oxygen atoms in total. The summed E-state index contributed by atoms with van der Waals surface area (Å²) in [7, 11) is 3.37. The summed E-state index contributed by atoms with van der Waals surface area (Å²) in [6, 6.07) is 11.5. The predicted molar refractivity (Wildman–Crippen MR) is 123 cm³/mol. The smallest absolute Gasteiger partial charge is 0.329 e. The zero-order valence-electron chi connectivity index (χ0n) is 18.2. The predicted octanol–water partition coefficient (Wildman–Crippen LogP) is 2.75. The molecule has 4 rings (SSSR count). The molecule has 1 aliphatic heterocycles. The highest BCUT2D eigenvalue weighted by Gasteiger charge is 2.30. The van der Waals surface area contributed by atoms with Crippen LogP contribution in [0.1, 0.15) is 23.0 Å². The van der Waals surface area contributed by atoms with Gasteiger partial charge in [0, 0.05) is 33.2 Å². The van der Waals surface area contributed by atoms with Crippen LogP contribution in [0.4, 0.5) is 0 Å². The first-order chi connectivity index (χ1) is 15.0. The van der Waals surface area contributed by atoms with Gasteiger partial charge in [-0.1, -0.05) is 25.1 Å². The molecule has 1 aromatic carbocycles. The fourth-order valence-corrected chi connectivity index (χ4v) is 4.85. The standard InChI is InChI=1S/C23H28N4O3S/c1-4-25-11-13-26(14-12-25)22(28)21-20(19-6-5-15-31-19)24(2)23(29)27(21)16-17-7-9-18(30-3)10-8-17/h5-10,15H,4,11-14,16H2,1-3H3. The second-order valence-corrected chi connectivity index (χ2v) is 8.62. The van der Waals surface area contributed by atoms with Gasteiger partial charge in [-0.05, 0) is 35.7 Å². The molecule has 3 heterocycles. The molecule has 0 aliphatic carbocycles. The van der Waals surface area contributed by atoms with Gasteiger partial charge in [0.1, 0.15) is 11.4 Å². The van der Waals surface area contributed by atoms with Crippen molar-refractivity contribution in [3.63, 3.8) is 0 Å². The number of aromatic nitrogens is 2. The number of likely N-dealkylation sites (N-methyl/N-ethyl adjacent to an activating group) is 1. The van der Waals surface area contributed by atoms with E-state index in [0.717, 1.165) is 35.8 Å². The summed E-state index contributed by atoms with van der Waals surface area (Å²) in [6.07, 6.45) is 0. The Morgan fingerprint density at radius 3 is 2.39 bits per heavy atom. The Morgan fingerprint density at radius 1 is 1.10 bits per heavy atom. The number of hydrogen-bond donors (Lipinski definition) is 0. The van der Waals surface area contributed by atoms with Gasteiger partial charge < -0.3 is 14.5 Å². The van der Waals surface area contributed by atoms with Gasteiger partial charge in [-0.2, -0.15) is 0 Å². The minimum atomic E-state index is -0.185. The Morgan fingerprint density at radius 2 is 1.81 bits per heavy atom. The minimum Gasteiger partial charge on any atom is -0.497 e. The second-order valence-electron chi connectivity index (χ2n) is 7.68. The largest absolute Gasteiger partial charge is 0.497 e. The third-order valence-electron chi connectivity index (χ3n) is 5.91. The van der Waals surface area contributed by atoms with E-state index < -0.39 is 0 Å². The van der Waals surface area contributed by atoms with Gasteiger partial charge in [0.05, 0.1) is 24.2 Å². The van der Waals surface area contributed by atoms with E-state index in [1.807, 2.05) is 46.7 Å². The monoisotopic (exact) mass is 440 g/mol. The van der Waals surface area contributed by atoms with E-state index in [-0.39, 0.29) is 11.6 Å². The highest BCUT2D eigenvalue weighted by molar-refractivity contribution is 7.13. The molecule has 0 N–H and O–H groups in total. The van der Waals surface area contributed by atoms with Crippen molar-refractivity contribution in [1.82, 2.24) is 18.9 Å². The summed E-state index contributed by atoms with van der Waals surface area (Å²) in [5.41, 5.74) is 1.91. The van der Waals surface area contributed by atoms with Crippen LogP contribution in [0.25, 0.3) is 10.6 Å². The Hall–Kier alpha value is -2.84. The van der Waals surface area contributed by atoms with E-state index in [2.05, 4.69) is 11.8 Å². The summed E-state index contributed by atoms with van der Waals surface area (Å²) in [5, 5.41) is 1.97. The van der Waals surface area contributed by atoms with Gasteiger partial charge in [0.25, 0.3) is 5.91 Å². The van der Waals surface area contributed by atoms with E-state index in [9.17, 15) is 9.59 Å². The van der Waals surface area contributed by atoms with E-state index >= 15 is 0 Å². The average Bonchev–Trinajstić information content (AvgIpc) is 3.42. The van der Waals surface area contributed by atoms with Crippen molar-refractivity contribution in [3.05, 3.63) is 63.5 Å². The number of carbonyl (C=O) groups excluding carboxylic acids is 1. The van der Waals surface area contributed by atoms with Crippen LogP contribution in [-0.4, -0.2) is 64.7 Å².